The monoisotopic (exact) mass is 494 g/mol. The van der Waals surface area contributed by atoms with Crippen LogP contribution in [0.2, 0.25) is 0 Å². The first-order valence-electron chi connectivity index (χ1n) is 14.8. The first-order valence-corrected chi connectivity index (χ1v) is 14.8. The fourth-order valence-corrected chi connectivity index (χ4v) is 4.71. The molecular formula is C33H50O3. The van der Waals surface area contributed by atoms with Gasteiger partial charge in [0.05, 0.1) is 0 Å². The third-order valence-electron chi connectivity index (χ3n) is 7.05. The number of unbranched alkanes of at least 4 members (excludes halogenated alkanes) is 14. The van der Waals surface area contributed by atoms with E-state index in [2.05, 4.69) is 13.8 Å². The Morgan fingerprint density at radius 3 is 1.58 bits per heavy atom. The van der Waals surface area contributed by atoms with Crippen molar-refractivity contribution in [1.82, 2.24) is 0 Å². The minimum Gasteiger partial charge on any atom is -0.507 e. The highest BCUT2D eigenvalue weighted by Gasteiger charge is 2.15. The number of carbonyl (C=O) groups is 1. The van der Waals surface area contributed by atoms with Crippen molar-refractivity contribution in [3.63, 3.8) is 0 Å². The molecule has 2 rings (SSSR count). The van der Waals surface area contributed by atoms with Gasteiger partial charge in [0, 0.05) is 0 Å². The van der Waals surface area contributed by atoms with E-state index in [1.54, 1.807) is 12.1 Å². The van der Waals surface area contributed by atoms with Gasteiger partial charge in [0.1, 0.15) is 17.1 Å². The van der Waals surface area contributed by atoms with Gasteiger partial charge < -0.3 is 9.84 Å². The fourth-order valence-electron chi connectivity index (χ4n) is 4.71. The van der Waals surface area contributed by atoms with Crippen molar-refractivity contribution in [1.29, 1.82) is 0 Å². The molecule has 200 valence electrons. The number of benzene rings is 2. The number of aromatic hydroxyl groups is 1. The minimum absolute atomic E-state index is 0.0217. The molecule has 0 aromatic heterocycles. The Hall–Kier alpha value is -2.29. The van der Waals surface area contributed by atoms with Crippen LogP contribution in [0.1, 0.15) is 138 Å². The lowest BCUT2D eigenvalue weighted by Crippen LogP contribution is -2.09. The van der Waals surface area contributed by atoms with Gasteiger partial charge in [-0.15, -0.1) is 0 Å². The van der Waals surface area contributed by atoms with Crippen LogP contribution in [-0.4, -0.2) is 11.1 Å². The zero-order chi connectivity index (χ0) is 25.8. The first kappa shape index (κ1) is 29.9. The molecule has 2 aromatic carbocycles. The largest absolute Gasteiger partial charge is 0.507 e. The zero-order valence-corrected chi connectivity index (χ0v) is 23.0. The van der Waals surface area contributed by atoms with Crippen molar-refractivity contribution in [3.8, 4) is 11.5 Å². The number of rotatable bonds is 20. The van der Waals surface area contributed by atoms with Crippen LogP contribution < -0.4 is 4.74 Å². The molecule has 3 heteroatoms. The van der Waals surface area contributed by atoms with Crippen LogP contribution in [0.25, 0.3) is 0 Å². The smallest absolute Gasteiger partial charge is 0.347 e. The molecule has 0 spiro atoms. The lowest BCUT2D eigenvalue weighted by Gasteiger charge is -2.09. The molecule has 0 radical (unpaired) electrons. The van der Waals surface area contributed by atoms with Gasteiger partial charge in [0.15, 0.2) is 0 Å². The Balaban J connectivity index is 1.71. The Kier molecular flexibility index (Phi) is 15.7. The maximum atomic E-state index is 12.7. The summed E-state index contributed by atoms with van der Waals surface area (Å²) >= 11 is 0. The predicted octanol–water partition coefficient (Wildman–Crippen LogP) is 9.98. The molecule has 0 unspecified atom stereocenters. The van der Waals surface area contributed by atoms with Crippen molar-refractivity contribution in [2.75, 3.05) is 0 Å². The summed E-state index contributed by atoms with van der Waals surface area (Å²) in [5, 5.41) is 10.2. The number of carbonyl (C=O) groups excluding carboxylic acids is 1. The van der Waals surface area contributed by atoms with Crippen LogP contribution in [-0.2, 0) is 12.8 Å². The lowest BCUT2D eigenvalue weighted by atomic mass is 10.0. The van der Waals surface area contributed by atoms with Gasteiger partial charge in [-0.05, 0) is 61.1 Å². The number of ether oxygens (including phenoxy) is 1. The summed E-state index contributed by atoms with van der Waals surface area (Å²) in [4.78, 5) is 12.7. The standard InChI is InChI=1S/C33H50O3/c1-3-5-7-9-11-12-13-14-16-18-20-29-23-26-32(34)31(27-29)33(35)36-30-24-21-28(22-25-30)19-17-15-10-8-6-4-2/h21-27,34H,3-20H2,1-2H3. The molecule has 0 saturated carbocycles. The topological polar surface area (TPSA) is 46.5 Å². The summed E-state index contributed by atoms with van der Waals surface area (Å²) in [6.07, 6.45) is 22.8. The molecule has 36 heavy (non-hydrogen) atoms. The van der Waals surface area contributed by atoms with Gasteiger partial charge in [0.25, 0.3) is 0 Å². The Morgan fingerprint density at radius 2 is 1.06 bits per heavy atom. The molecule has 0 saturated heterocycles. The molecule has 0 aliphatic rings. The third kappa shape index (κ3) is 12.6. The van der Waals surface area contributed by atoms with Gasteiger partial charge in [-0.1, -0.05) is 122 Å². The highest BCUT2D eigenvalue weighted by molar-refractivity contribution is 5.94. The van der Waals surface area contributed by atoms with E-state index in [9.17, 15) is 9.90 Å². The second-order valence-corrected chi connectivity index (χ2v) is 10.3. The van der Waals surface area contributed by atoms with Crippen molar-refractivity contribution in [3.05, 3.63) is 59.2 Å². The zero-order valence-electron chi connectivity index (χ0n) is 23.0. The molecule has 1 N–H and O–H groups in total. The van der Waals surface area contributed by atoms with Crippen LogP contribution in [0.15, 0.2) is 42.5 Å². The average molecular weight is 495 g/mol. The summed E-state index contributed by atoms with van der Waals surface area (Å²) in [7, 11) is 0. The molecule has 0 fully saturated rings. The molecule has 0 heterocycles. The normalized spacial score (nSPS) is 11.1. The van der Waals surface area contributed by atoms with E-state index in [1.165, 1.54) is 102 Å². The number of hydrogen-bond acceptors (Lipinski definition) is 3. The van der Waals surface area contributed by atoms with E-state index in [4.69, 9.17) is 4.74 Å². The molecule has 3 nitrogen and oxygen atoms in total. The number of phenolic OH excluding ortho intramolecular Hbond substituents is 1. The van der Waals surface area contributed by atoms with Gasteiger partial charge >= 0.3 is 5.97 Å². The number of hydrogen-bond donors (Lipinski definition) is 1. The van der Waals surface area contributed by atoms with E-state index in [0.717, 1.165) is 24.8 Å². The number of aryl methyl sites for hydroxylation is 2. The van der Waals surface area contributed by atoms with Gasteiger partial charge in [-0.3, -0.25) is 0 Å². The van der Waals surface area contributed by atoms with E-state index in [-0.39, 0.29) is 11.3 Å². The van der Waals surface area contributed by atoms with E-state index < -0.39 is 5.97 Å². The highest BCUT2D eigenvalue weighted by Crippen LogP contribution is 2.23. The van der Waals surface area contributed by atoms with Gasteiger partial charge in [0.2, 0.25) is 0 Å². The molecule has 0 bridgehead atoms. The molecule has 0 aliphatic heterocycles. The first-order chi connectivity index (χ1) is 17.6. The summed E-state index contributed by atoms with van der Waals surface area (Å²) in [6, 6.07) is 13.1. The molecule has 0 atom stereocenters. The maximum Gasteiger partial charge on any atom is 0.347 e. The summed E-state index contributed by atoms with van der Waals surface area (Å²) in [5.74, 6) is -0.00111. The summed E-state index contributed by atoms with van der Waals surface area (Å²) in [5.41, 5.74) is 2.59. The number of phenols is 1. The van der Waals surface area contributed by atoms with Crippen LogP contribution >= 0.6 is 0 Å². The molecule has 0 amide bonds. The lowest BCUT2D eigenvalue weighted by molar-refractivity contribution is 0.0731. The van der Waals surface area contributed by atoms with Crippen molar-refractivity contribution in [2.45, 2.75) is 129 Å². The van der Waals surface area contributed by atoms with Gasteiger partial charge in [-0.2, -0.15) is 0 Å². The fraction of sp³-hybridized carbons (Fsp3) is 0.606. The molecule has 2 aromatic rings. The Bertz CT molecular complexity index is 841. The van der Waals surface area contributed by atoms with Gasteiger partial charge in [-0.25, -0.2) is 4.79 Å². The average Bonchev–Trinajstić information content (AvgIpc) is 2.89. The Labute approximate surface area is 220 Å². The van der Waals surface area contributed by atoms with Crippen LogP contribution in [0.4, 0.5) is 0 Å². The van der Waals surface area contributed by atoms with E-state index in [1.807, 2.05) is 30.3 Å². The third-order valence-corrected chi connectivity index (χ3v) is 7.05. The number of esters is 1. The minimum atomic E-state index is -0.499. The van der Waals surface area contributed by atoms with Crippen molar-refractivity contribution < 1.29 is 14.6 Å². The van der Waals surface area contributed by atoms with Crippen LogP contribution in [0.5, 0.6) is 11.5 Å². The second kappa shape index (κ2) is 18.9. The van der Waals surface area contributed by atoms with Crippen LogP contribution in [0, 0.1) is 0 Å². The SMILES string of the molecule is CCCCCCCCCCCCc1ccc(O)c(C(=O)Oc2ccc(CCCCCCCC)cc2)c1. The highest BCUT2D eigenvalue weighted by atomic mass is 16.5. The quantitative estimate of drug-likeness (QED) is 0.113. The molecular weight excluding hydrogens is 444 g/mol. The summed E-state index contributed by atoms with van der Waals surface area (Å²) < 4.78 is 5.57. The Morgan fingerprint density at radius 1 is 0.611 bits per heavy atom. The predicted molar refractivity (Wildman–Crippen MR) is 152 cm³/mol. The molecule has 0 aliphatic carbocycles. The second-order valence-electron chi connectivity index (χ2n) is 10.3. The summed E-state index contributed by atoms with van der Waals surface area (Å²) in [6.45, 7) is 4.50. The van der Waals surface area contributed by atoms with E-state index in [0.29, 0.717) is 5.75 Å². The van der Waals surface area contributed by atoms with Crippen molar-refractivity contribution in [2.24, 2.45) is 0 Å². The van der Waals surface area contributed by atoms with Crippen molar-refractivity contribution >= 4 is 5.97 Å². The maximum absolute atomic E-state index is 12.7. The van der Waals surface area contributed by atoms with Crippen LogP contribution in [0.3, 0.4) is 0 Å². The van der Waals surface area contributed by atoms with E-state index >= 15 is 0 Å².